The van der Waals surface area contributed by atoms with Gasteiger partial charge in [-0.25, -0.2) is 0 Å². The zero-order valence-corrected chi connectivity index (χ0v) is 16.0. The number of Topliss-reactive ketones (excluding diaryl/α,β-unsaturated/α-hetero) is 1. The largest absolute Gasteiger partial charge is 0.458 e. The van der Waals surface area contributed by atoms with Crippen LogP contribution in [0.15, 0.2) is 77.2 Å². The Hall–Kier alpha value is -3.44. The van der Waals surface area contributed by atoms with Crippen LogP contribution in [-0.2, 0) is 10.4 Å². The minimum Gasteiger partial charge on any atom is -0.458 e. The highest BCUT2D eigenvalue weighted by Gasteiger charge is 2.50. The van der Waals surface area contributed by atoms with Crippen LogP contribution in [0, 0.1) is 6.92 Å². The summed E-state index contributed by atoms with van der Waals surface area (Å²) in [6.07, 6.45) is 3.42. The Morgan fingerprint density at radius 3 is 2.52 bits per heavy atom. The number of anilines is 1. The van der Waals surface area contributed by atoms with Crippen LogP contribution in [0.1, 0.15) is 33.9 Å². The molecule has 0 spiro atoms. The lowest BCUT2D eigenvalue weighted by Gasteiger charge is -2.21. The van der Waals surface area contributed by atoms with E-state index < -0.39 is 17.3 Å². The highest BCUT2D eigenvalue weighted by atomic mass is 16.3. The summed E-state index contributed by atoms with van der Waals surface area (Å²) >= 11 is 0. The maximum atomic E-state index is 13.2. The van der Waals surface area contributed by atoms with E-state index in [1.807, 2.05) is 48.6 Å². The van der Waals surface area contributed by atoms with E-state index in [9.17, 15) is 14.7 Å². The number of rotatable bonds is 6. The van der Waals surface area contributed by atoms with E-state index in [-0.39, 0.29) is 12.2 Å². The lowest BCUT2D eigenvalue weighted by molar-refractivity contribution is -0.135. The number of hydrogen-bond donors (Lipinski definition) is 1. The van der Waals surface area contributed by atoms with Gasteiger partial charge in [0.1, 0.15) is 5.76 Å². The molecule has 1 N–H and O–H groups in total. The second-order valence-corrected chi connectivity index (χ2v) is 7.12. The van der Waals surface area contributed by atoms with Crippen molar-refractivity contribution in [3.05, 3.63) is 95.5 Å². The fourth-order valence-electron chi connectivity index (χ4n) is 3.62. The van der Waals surface area contributed by atoms with E-state index in [0.717, 1.165) is 5.56 Å². The summed E-state index contributed by atoms with van der Waals surface area (Å²) in [5.41, 5.74) is 0.163. The molecular weight excluding hydrogens is 366 g/mol. The standard InChI is InChI=1S/C24H21NO4/c1-17-13-14-22(29-17)21(26)16-24(28)19-11-5-6-12-20(19)25(23(24)27)15-7-10-18-8-3-2-4-9-18/h2-14,28H,15-16H2,1H3. The normalized spacial score (nSPS) is 18.4. The number of aryl methyl sites for hydroxylation is 1. The molecule has 0 bridgehead atoms. The third-order valence-electron chi connectivity index (χ3n) is 5.07. The number of aliphatic hydroxyl groups is 1. The lowest BCUT2D eigenvalue weighted by atomic mass is 9.89. The van der Waals surface area contributed by atoms with Crippen molar-refractivity contribution in [2.24, 2.45) is 0 Å². The molecule has 2 aromatic carbocycles. The van der Waals surface area contributed by atoms with Gasteiger partial charge in [0.05, 0.1) is 12.1 Å². The van der Waals surface area contributed by atoms with Gasteiger partial charge in [0.25, 0.3) is 5.91 Å². The summed E-state index contributed by atoms with van der Waals surface area (Å²) in [6.45, 7) is 2.03. The van der Waals surface area contributed by atoms with Crippen molar-refractivity contribution in [1.82, 2.24) is 0 Å². The van der Waals surface area contributed by atoms with Crippen LogP contribution in [0.25, 0.3) is 6.08 Å². The van der Waals surface area contributed by atoms with Crippen molar-refractivity contribution in [2.75, 3.05) is 11.4 Å². The van der Waals surface area contributed by atoms with Gasteiger partial charge in [0.15, 0.2) is 11.4 Å². The molecule has 4 rings (SSSR count). The molecule has 0 saturated heterocycles. The Bertz CT molecular complexity index is 1080. The van der Waals surface area contributed by atoms with Crippen LogP contribution in [0.5, 0.6) is 0 Å². The topological polar surface area (TPSA) is 70.8 Å². The first-order valence-corrected chi connectivity index (χ1v) is 9.44. The molecule has 1 aromatic heterocycles. The molecule has 5 heteroatoms. The molecule has 0 radical (unpaired) electrons. The lowest BCUT2D eigenvalue weighted by Crippen LogP contribution is -2.41. The van der Waals surface area contributed by atoms with Crippen molar-refractivity contribution in [3.8, 4) is 0 Å². The minimum absolute atomic E-state index is 0.142. The van der Waals surface area contributed by atoms with Crippen molar-refractivity contribution < 1.29 is 19.1 Å². The SMILES string of the molecule is Cc1ccc(C(=O)CC2(O)C(=O)N(CC=Cc3ccccc3)c3ccccc32)o1. The Morgan fingerprint density at radius 2 is 1.79 bits per heavy atom. The molecule has 1 amide bonds. The van der Waals surface area contributed by atoms with Gasteiger partial charge in [-0.15, -0.1) is 0 Å². The van der Waals surface area contributed by atoms with Crippen molar-refractivity contribution in [2.45, 2.75) is 18.9 Å². The summed E-state index contributed by atoms with van der Waals surface area (Å²) in [6, 6.07) is 20.0. The number of nitrogens with zero attached hydrogens (tertiary/aromatic N) is 1. The van der Waals surface area contributed by atoms with Crippen LogP contribution < -0.4 is 4.90 Å². The fraction of sp³-hybridized carbons (Fsp3) is 0.167. The van der Waals surface area contributed by atoms with Crippen molar-refractivity contribution in [1.29, 1.82) is 0 Å². The van der Waals surface area contributed by atoms with Gasteiger partial charge in [-0.2, -0.15) is 0 Å². The molecule has 0 fully saturated rings. The molecule has 5 nitrogen and oxygen atoms in total. The molecule has 1 unspecified atom stereocenters. The molecule has 0 aliphatic carbocycles. The summed E-state index contributed by atoms with van der Waals surface area (Å²) in [5, 5.41) is 11.3. The number of carbonyl (C=O) groups excluding carboxylic acids is 2. The third kappa shape index (κ3) is 3.52. The van der Waals surface area contributed by atoms with Crippen LogP contribution in [0.3, 0.4) is 0 Å². The van der Waals surface area contributed by atoms with Crippen LogP contribution in [-0.4, -0.2) is 23.3 Å². The number of ketones is 1. The average Bonchev–Trinajstić information content (AvgIpc) is 3.25. The first-order valence-electron chi connectivity index (χ1n) is 9.44. The number of para-hydroxylation sites is 1. The van der Waals surface area contributed by atoms with Crippen LogP contribution in [0.4, 0.5) is 5.69 Å². The highest BCUT2D eigenvalue weighted by molar-refractivity contribution is 6.10. The molecular formula is C24H21NO4. The molecule has 29 heavy (non-hydrogen) atoms. The van der Waals surface area contributed by atoms with E-state index in [1.165, 1.54) is 4.90 Å². The Labute approximate surface area is 168 Å². The van der Waals surface area contributed by atoms with Gasteiger partial charge in [0.2, 0.25) is 5.78 Å². The van der Waals surface area contributed by atoms with Gasteiger partial charge >= 0.3 is 0 Å². The Balaban J connectivity index is 1.60. The number of carbonyl (C=O) groups is 2. The monoisotopic (exact) mass is 387 g/mol. The molecule has 3 aromatic rings. The van der Waals surface area contributed by atoms with Gasteiger partial charge in [-0.05, 0) is 30.7 Å². The van der Waals surface area contributed by atoms with Crippen molar-refractivity contribution in [3.63, 3.8) is 0 Å². The summed E-state index contributed by atoms with van der Waals surface area (Å²) in [7, 11) is 0. The number of furan rings is 1. The first-order chi connectivity index (χ1) is 14.0. The summed E-state index contributed by atoms with van der Waals surface area (Å²) in [5.74, 6) is -0.173. The predicted molar refractivity (Wildman–Crippen MR) is 111 cm³/mol. The minimum atomic E-state index is -1.91. The zero-order valence-electron chi connectivity index (χ0n) is 16.0. The maximum absolute atomic E-state index is 13.2. The molecule has 2 heterocycles. The first kappa shape index (κ1) is 18.9. The number of amides is 1. The zero-order chi connectivity index (χ0) is 20.4. The van der Waals surface area contributed by atoms with Gasteiger partial charge < -0.3 is 14.4 Å². The second kappa shape index (κ2) is 7.53. The predicted octanol–water partition coefficient (Wildman–Crippen LogP) is 4.11. The Morgan fingerprint density at radius 1 is 1.07 bits per heavy atom. The van der Waals surface area contributed by atoms with Gasteiger partial charge in [0, 0.05) is 12.1 Å². The Kier molecular flexibility index (Phi) is 4.91. The number of fused-ring (bicyclic) bond motifs is 1. The molecule has 1 aliphatic heterocycles. The van der Waals surface area contributed by atoms with E-state index >= 15 is 0 Å². The van der Waals surface area contributed by atoms with E-state index in [4.69, 9.17) is 4.42 Å². The fourth-order valence-corrected chi connectivity index (χ4v) is 3.62. The molecule has 0 saturated carbocycles. The smallest absolute Gasteiger partial charge is 0.264 e. The highest BCUT2D eigenvalue weighted by Crippen LogP contribution is 2.42. The van der Waals surface area contributed by atoms with Crippen LogP contribution in [0.2, 0.25) is 0 Å². The van der Waals surface area contributed by atoms with E-state index in [0.29, 0.717) is 23.6 Å². The van der Waals surface area contributed by atoms with Gasteiger partial charge in [-0.1, -0.05) is 60.7 Å². The van der Waals surface area contributed by atoms with E-state index in [1.54, 1.807) is 37.3 Å². The second-order valence-electron chi connectivity index (χ2n) is 7.12. The van der Waals surface area contributed by atoms with E-state index in [2.05, 4.69) is 0 Å². The quantitative estimate of drug-likeness (QED) is 0.646. The molecule has 1 atom stereocenters. The maximum Gasteiger partial charge on any atom is 0.264 e. The molecule has 146 valence electrons. The molecule has 1 aliphatic rings. The summed E-state index contributed by atoms with van der Waals surface area (Å²) in [4.78, 5) is 27.3. The average molecular weight is 387 g/mol. The van der Waals surface area contributed by atoms with Gasteiger partial charge in [-0.3, -0.25) is 9.59 Å². The summed E-state index contributed by atoms with van der Waals surface area (Å²) < 4.78 is 5.37. The number of hydrogen-bond acceptors (Lipinski definition) is 4. The van der Waals surface area contributed by atoms with Crippen molar-refractivity contribution >= 4 is 23.5 Å². The van der Waals surface area contributed by atoms with Crippen LogP contribution >= 0.6 is 0 Å². The number of benzene rings is 2. The third-order valence-corrected chi connectivity index (χ3v) is 5.07.